The monoisotopic (exact) mass is 454 g/mol. The van der Waals surface area contributed by atoms with Crippen molar-refractivity contribution in [3.05, 3.63) is 33.8 Å². The van der Waals surface area contributed by atoms with Crippen LogP contribution in [-0.4, -0.2) is 41.2 Å². The molecule has 0 aromatic heterocycles. The Morgan fingerprint density at radius 1 is 1.10 bits per heavy atom. The van der Waals surface area contributed by atoms with Crippen LogP contribution in [0.3, 0.4) is 0 Å². The third-order valence-electron chi connectivity index (χ3n) is 5.77. The second-order valence-corrected chi connectivity index (χ2v) is 8.60. The lowest BCUT2D eigenvalue weighted by atomic mass is 9.81. The van der Waals surface area contributed by atoms with Gasteiger partial charge in [0, 0.05) is 0 Å². The maximum absolute atomic E-state index is 12.6. The molecule has 3 unspecified atom stereocenters. The van der Waals surface area contributed by atoms with Gasteiger partial charge in [-0.2, -0.15) is 0 Å². The number of carbonyl (C=O) groups is 4. The largest absolute Gasteiger partial charge is 0.454 e. The van der Waals surface area contributed by atoms with E-state index < -0.39 is 24.5 Å². The van der Waals surface area contributed by atoms with Gasteiger partial charge >= 0.3 is 5.97 Å². The summed E-state index contributed by atoms with van der Waals surface area (Å²) in [5.74, 6) is -2.60. The van der Waals surface area contributed by atoms with Crippen molar-refractivity contribution < 1.29 is 23.9 Å². The molecule has 1 aliphatic heterocycles. The number of imide groups is 1. The highest BCUT2D eigenvalue weighted by atomic mass is 35.5. The van der Waals surface area contributed by atoms with E-state index in [1.165, 1.54) is 6.92 Å². The summed E-state index contributed by atoms with van der Waals surface area (Å²) in [6.07, 6.45) is 3.15. The molecule has 0 radical (unpaired) electrons. The molecule has 1 saturated heterocycles. The predicted molar refractivity (Wildman–Crippen MR) is 111 cm³/mol. The predicted octanol–water partition coefficient (Wildman–Crippen LogP) is 3.28. The van der Waals surface area contributed by atoms with Gasteiger partial charge in [0.2, 0.25) is 11.8 Å². The highest BCUT2D eigenvalue weighted by Gasteiger charge is 2.51. The number of hydrogen-bond acceptors (Lipinski definition) is 5. The Morgan fingerprint density at radius 2 is 1.70 bits per heavy atom. The van der Waals surface area contributed by atoms with Crippen LogP contribution < -0.4 is 5.32 Å². The number of hydrogen-bond donors (Lipinski definition) is 1. The highest BCUT2D eigenvalue weighted by molar-refractivity contribution is 6.42. The fraction of sp³-hybridized carbons (Fsp3) is 0.524. The molecule has 30 heavy (non-hydrogen) atoms. The Hall–Kier alpha value is -2.12. The lowest BCUT2D eigenvalue weighted by Crippen LogP contribution is -2.45. The van der Waals surface area contributed by atoms with Crippen molar-refractivity contribution in [2.45, 2.75) is 51.6 Å². The number of amides is 3. The highest BCUT2D eigenvalue weighted by Crippen LogP contribution is 2.38. The van der Waals surface area contributed by atoms with Crippen molar-refractivity contribution in [1.29, 1.82) is 0 Å². The molecule has 162 valence electrons. The summed E-state index contributed by atoms with van der Waals surface area (Å²) in [5.41, 5.74) is 0.744. The number of halogens is 2. The van der Waals surface area contributed by atoms with Gasteiger partial charge in [-0.3, -0.25) is 19.3 Å². The fourth-order valence-electron chi connectivity index (χ4n) is 4.08. The number of likely N-dealkylation sites (tertiary alicyclic amines) is 1. The second kappa shape index (κ2) is 9.35. The number of fused-ring (bicyclic) bond motifs is 1. The standard InChI is InChI=1S/C21H24Cl2N2O5/c1-11(13-7-8-16(22)17(23)9-13)24-18(26)10-30-21(29)12(2)25-19(27)14-5-3-4-6-15(14)20(25)28/h7-9,11-12,14-15H,3-6,10H2,1-2H3,(H,24,26)/t11?,12-,14?,15?/m0/s1. The van der Waals surface area contributed by atoms with Gasteiger partial charge in [0.05, 0.1) is 27.9 Å². The number of benzene rings is 1. The lowest BCUT2D eigenvalue weighted by molar-refractivity contribution is -0.159. The van der Waals surface area contributed by atoms with Crippen LogP contribution in [0.5, 0.6) is 0 Å². The van der Waals surface area contributed by atoms with Crippen molar-refractivity contribution in [1.82, 2.24) is 10.2 Å². The first-order valence-corrected chi connectivity index (χ1v) is 10.7. The van der Waals surface area contributed by atoms with Crippen LogP contribution in [0.2, 0.25) is 10.0 Å². The van der Waals surface area contributed by atoms with Gasteiger partial charge in [-0.1, -0.05) is 42.1 Å². The third-order valence-corrected chi connectivity index (χ3v) is 6.51. The Kier molecular flexibility index (Phi) is 7.03. The van der Waals surface area contributed by atoms with Crippen LogP contribution in [0.4, 0.5) is 0 Å². The smallest absolute Gasteiger partial charge is 0.329 e. The molecule has 9 heteroatoms. The quantitative estimate of drug-likeness (QED) is 0.525. The van der Waals surface area contributed by atoms with Crippen molar-refractivity contribution in [3.8, 4) is 0 Å². The molecule has 4 atom stereocenters. The lowest BCUT2D eigenvalue weighted by Gasteiger charge is -2.22. The first kappa shape index (κ1) is 22.6. The molecule has 7 nitrogen and oxygen atoms in total. The molecule has 3 rings (SSSR count). The van der Waals surface area contributed by atoms with Crippen LogP contribution in [0.15, 0.2) is 18.2 Å². The van der Waals surface area contributed by atoms with E-state index in [9.17, 15) is 19.2 Å². The van der Waals surface area contributed by atoms with E-state index >= 15 is 0 Å². The molecule has 3 amide bonds. The van der Waals surface area contributed by atoms with Gasteiger partial charge in [-0.25, -0.2) is 4.79 Å². The zero-order valence-corrected chi connectivity index (χ0v) is 18.3. The third kappa shape index (κ3) is 4.62. The van der Waals surface area contributed by atoms with E-state index in [-0.39, 0.29) is 29.7 Å². The van der Waals surface area contributed by atoms with Crippen LogP contribution in [0.1, 0.15) is 51.1 Å². The second-order valence-electron chi connectivity index (χ2n) is 7.79. The molecule has 1 aliphatic carbocycles. The van der Waals surface area contributed by atoms with Crippen LogP contribution >= 0.6 is 23.2 Å². The van der Waals surface area contributed by atoms with Crippen LogP contribution in [0, 0.1) is 11.8 Å². The van der Waals surface area contributed by atoms with Gasteiger partial charge in [-0.15, -0.1) is 0 Å². The normalized spacial score (nSPS) is 23.0. The zero-order chi connectivity index (χ0) is 22.0. The van der Waals surface area contributed by atoms with Crippen LogP contribution in [0.25, 0.3) is 0 Å². The van der Waals surface area contributed by atoms with Gasteiger partial charge in [0.15, 0.2) is 6.61 Å². The topological polar surface area (TPSA) is 92.8 Å². The number of rotatable bonds is 6. The summed E-state index contributed by atoms with van der Waals surface area (Å²) in [7, 11) is 0. The van der Waals surface area contributed by atoms with E-state index in [4.69, 9.17) is 27.9 Å². The van der Waals surface area contributed by atoms with E-state index in [0.717, 1.165) is 23.3 Å². The molecule has 2 aliphatic rings. The van der Waals surface area contributed by atoms with Crippen molar-refractivity contribution in [2.75, 3.05) is 6.61 Å². The molecular weight excluding hydrogens is 431 g/mol. The van der Waals surface area contributed by atoms with Gasteiger partial charge in [0.25, 0.3) is 5.91 Å². The Bertz CT molecular complexity index is 851. The Balaban J connectivity index is 1.53. The van der Waals surface area contributed by atoms with Crippen molar-refractivity contribution >= 4 is 46.9 Å². The molecule has 1 N–H and O–H groups in total. The molecule has 1 aromatic carbocycles. The van der Waals surface area contributed by atoms with E-state index in [1.807, 2.05) is 0 Å². The summed E-state index contributed by atoms with van der Waals surface area (Å²) >= 11 is 11.9. The van der Waals surface area contributed by atoms with E-state index in [1.54, 1.807) is 25.1 Å². The summed E-state index contributed by atoms with van der Waals surface area (Å²) in [5, 5.41) is 3.48. The molecule has 1 heterocycles. The minimum atomic E-state index is -1.06. The van der Waals surface area contributed by atoms with Crippen molar-refractivity contribution in [3.63, 3.8) is 0 Å². The average molecular weight is 455 g/mol. The number of esters is 1. The summed E-state index contributed by atoms with van der Waals surface area (Å²) in [6.45, 7) is 2.69. The number of nitrogens with zero attached hydrogens (tertiary/aromatic N) is 1. The molecule has 0 spiro atoms. The van der Waals surface area contributed by atoms with Crippen LogP contribution in [-0.2, 0) is 23.9 Å². The molecular formula is C21H24Cl2N2O5. The molecule has 1 saturated carbocycles. The Labute approximate surface area is 185 Å². The number of nitrogens with one attached hydrogen (secondary N) is 1. The molecule has 0 bridgehead atoms. The maximum Gasteiger partial charge on any atom is 0.329 e. The minimum absolute atomic E-state index is 0.313. The van der Waals surface area contributed by atoms with E-state index in [2.05, 4.69) is 5.32 Å². The molecule has 2 fully saturated rings. The number of carbonyl (C=O) groups excluding carboxylic acids is 4. The average Bonchev–Trinajstić information content (AvgIpc) is 2.98. The van der Waals surface area contributed by atoms with Gasteiger partial charge < -0.3 is 10.1 Å². The first-order valence-electron chi connectivity index (χ1n) is 9.98. The van der Waals surface area contributed by atoms with Gasteiger partial charge in [-0.05, 0) is 44.4 Å². The molecule has 1 aromatic rings. The fourth-order valence-corrected chi connectivity index (χ4v) is 4.39. The van der Waals surface area contributed by atoms with Crippen molar-refractivity contribution in [2.24, 2.45) is 11.8 Å². The Morgan fingerprint density at radius 3 is 2.27 bits per heavy atom. The summed E-state index contributed by atoms with van der Waals surface area (Å²) in [4.78, 5) is 50.7. The van der Waals surface area contributed by atoms with E-state index in [0.29, 0.717) is 22.9 Å². The number of ether oxygens (including phenoxy) is 1. The minimum Gasteiger partial charge on any atom is -0.454 e. The van der Waals surface area contributed by atoms with Gasteiger partial charge in [0.1, 0.15) is 6.04 Å². The summed E-state index contributed by atoms with van der Waals surface area (Å²) in [6, 6.07) is 3.57. The zero-order valence-electron chi connectivity index (χ0n) is 16.8. The SMILES string of the molecule is CC(NC(=O)COC(=O)[C@H](C)N1C(=O)C2CCCCC2C1=O)c1ccc(Cl)c(Cl)c1. The first-order chi connectivity index (χ1) is 14.2. The summed E-state index contributed by atoms with van der Waals surface area (Å²) < 4.78 is 5.06. The maximum atomic E-state index is 12.6.